The zero-order valence-corrected chi connectivity index (χ0v) is 5.14. The first-order chi connectivity index (χ1) is 1.73. The summed E-state index contributed by atoms with van der Waals surface area (Å²) >= 11 is 7.11. The predicted octanol–water partition coefficient (Wildman–Crippen LogP) is 0.158. The Labute approximate surface area is 41.8 Å². The molecule has 0 aromatic rings. The van der Waals surface area contributed by atoms with E-state index in [0.717, 1.165) is 0 Å². The molecule has 0 fully saturated rings. The molecule has 0 saturated heterocycles. The Kier molecular flexibility index (Phi) is 3.53. The van der Waals surface area contributed by atoms with Gasteiger partial charge in [0.2, 0.25) is 0 Å². The molecule has 4 heavy (non-hydrogen) atoms. The fourth-order valence-electron chi connectivity index (χ4n) is 0. The van der Waals surface area contributed by atoms with E-state index in [1.807, 2.05) is 6.26 Å². The molecule has 0 amide bonds. The number of rotatable bonds is 0. The summed E-state index contributed by atoms with van der Waals surface area (Å²) in [4.78, 5) is 0. The van der Waals surface area contributed by atoms with Gasteiger partial charge >= 0.3 is 41.8 Å². The molecule has 0 aromatic carbocycles. The van der Waals surface area contributed by atoms with Gasteiger partial charge in [0.1, 0.15) is 0 Å². The van der Waals surface area contributed by atoms with Crippen LogP contribution in [0.25, 0.3) is 0 Å². The Bertz CT molecular complexity index is 54.4. The minimum absolute atomic E-state index is 0.139. The second kappa shape index (κ2) is 2.62. The molecule has 0 unspecified atom stereocenters. The molecular weight excluding hydrogens is 156 g/mol. The van der Waals surface area contributed by atoms with Crippen molar-refractivity contribution in [2.24, 2.45) is 0 Å². The van der Waals surface area contributed by atoms with Crippen LogP contribution >= 0.6 is 0 Å². The molecule has 0 aliphatic carbocycles. The molecule has 0 aliphatic heterocycles. The molecule has 0 saturated carbocycles. The van der Waals surface area contributed by atoms with Crippen molar-refractivity contribution in [1.82, 2.24) is 0 Å². The summed E-state index contributed by atoms with van der Waals surface area (Å²) in [6.45, 7) is 0.139. The van der Waals surface area contributed by atoms with Gasteiger partial charge in [0.25, 0.3) is 0 Å². The molecule has 30 valence electrons. The summed E-state index contributed by atoms with van der Waals surface area (Å²) in [5.74, 6) is 0. The maximum atomic E-state index is 3.56. The van der Waals surface area contributed by atoms with Crippen LogP contribution in [0.2, 0.25) is 0 Å². The van der Waals surface area contributed by atoms with Crippen LogP contribution in [0.4, 0.5) is 0 Å². The molecule has 0 heterocycles. The van der Waals surface area contributed by atoms with E-state index >= 15 is 0 Å². The van der Waals surface area contributed by atoms with Crippen molar-refractivity contribution in [1.29, 1.82) is 0 Å². The number of hydrogen-bond donors (Lipinski definition) is 0. The first-order valence-electron chi connectivity index (χ1n) is 0.697. The molecule has 0 atom stereocenters. The molecule has 0 rings (SSSR count). The monoisotopic (exact) mass is 159 g/mol. The first-order valence-corrected chi connectivity index (χ1v) is 4.80. The Morgan fingerprint density at radius 1 is 1.50 bits per heavy atom. The zero-order chi connectivity index (χ0) is 3.58. The van der Waals surface area contributed by atoms with Gasteiger partial charge in [-0.15, -0.1) is 0 Å². The summed E-state index contributed by atoms with van der Waals surface area (Å²) in [5, 5.41) is 0. The van der Waals surface area contributed by atoms with Gasteiger partial charge in [0, 0.05) is 0 Å². The van der Waals surface area contributed by atoms with E-state index in [0.29, 0.717) is 0 Å². The molecule has 0 radical (unpaired) electrons. The normalized spacial score (nSPS) is 9.00. The van der Waals surface area contributed by atoms with Crippen molar-refractivity contribution >= 4 is 6.74 Å². The fraction of sp³-hybridized carbons (Fsp3) is 1.00. The van der Waals surface area contributed by atoms with Gasteiger partial charge in [-0.2, -0.15) is 0 Å². The molecule has 0 aliphatic rings. The summed E-state index contributed by atoms with van der Waals surface area (Å²) < 4.78 is 0. The van der Waals surface area contributed by atoms with Gasteiger partial charge in [-0.3, -0.25) is 0 Å². The van der Waals surface area contributed by atoms with E-state index in [2.05, 4.69) is 28.8 Å². The van der Waals surface area contributed by atoms with Crippen LogP contribution in [0.5, 0.6) is 0 Å². The van der Waals surface area contributed by atoms with Gasteiger partial charge in [-0.05, 0) is 0 Å². The average Bonchev–Trinajstić information content (AvgIpc) is 0.811. The van der Waals surface area contributed by atoms with E-state index in [9.17, 15) is 0 Å². The topological polar surface area (TPSA) is 0 Å². The summed E-state index contributed by atoms with van der Waals surface area (Å²) in [6, 6.07) is 0. The third-order valence-corrected chi connectivity index (χ3v) is 0. The van der Waals surface area contributed by atoms with Gasteiger partial charge < -0.3 is 0 Å². The van der Waals surface area contributed by atoms with E-state index in [1.54, 1.807) is 0 Å². The van der Waals surface area contributed by atoms with Crippen LogP contribution in [-0.2, 0) is 35.5 Å². The summed E-state index contributed by atoms with van der Waals surface area (Å²) in [6.07, 6.45) is 1.97. The Balaban J connectivity index is 3.51. The van der Waals surface area contributed by atoms with Gasteiger partial charge in [-0.1, -0.05) is 0 Å². The third-order valence-electron chi connectivity index (χ3n) is 0. The Morgan fingerprint density at radius 2 is 1.50 bits per heavy atom. The van der Waals surface area contributed by atoms with Crippen molar-refractivity contribution in [3.63, 3.8) is 0 Å². The molecule has 3 heteroatoms. The van der Waals surface area contributed by atoms with E-state index in [-0.39, 0.29) is 6.74 Å². The van der Waals surface area contributed by atoms with E-state index < -0.39 is 0 Å². The predicted molar refractivity (Wildman–Crippen MR) is 13.3 cm³/mol. The van der Waals surface area contributed by atoms with Crippen molar-refractivity contribution in [3.05, 3.63) is 0 Å². The van der Waals surface area contributed by atoms with Crippen LogP contribution in [-0.4, -0.2) is 6.26 Å². The number of hydrogen-bond acceptors (Lipinski definition) is 1. The van der Waals surface area contributed by atoms with E-state index in [1.165, 1.54) is 0 Å². The second-order valence-electron chi connectivity index (χ2n) is 0.340. The second-order valence-corrected chi connectivity index (χ2v) is 6.17. The zero-order valence-electron chi connectivity index (χ0n) is 2.12. The third kappa shape index (κ3) is 10.0. The van der Waals surface area contributed by atoms with Crippen molar-refractivity contribution in [3.8, 4) is 0 Å². The SMILES string of the molecule is C[S-](=[Fe])=[Fe]. The Morgan fingerprint density at radius 3 is 1.50 bits per heavy atom. The molecule has 0 bridgehead atoms. The maximum absolute atomic E-state index is 3.56. The van der Waals surface area contributed by atoms with Gasteiger partial charge in [0.15, 0.2) is 0 Å². The van der Waals surface area contributed by atoms with Gasteiger partial charge in [0.05, 0.1) is 0 Å². The van der Waals surface area contributed by atoms with Crippen LogP contribution in [0.1, 0.15) is 0 Å². The molecular formula is CH3Fe2S-. The minimum atomic E-state index is 0.139. The molecule has 0 N–H and O–H groups in total. The molecule has 0 spiro atoms. The summed E-state index contributed by atoms with van der Waals surface area (Å²) in [5.41, 5.74) is 0. The van der Waals surface area contributed by atoms with Crippen LogP contribution in [0, 0.1) is 0 Å². The van der Waals surface area contributed by atoms with Crippen molar-refractivity contribution in [2.45, 2.75) is 0 Å². The Hall–Kier alpha value is 1.39. The fourth-order valence-corrected chi connectivity index (χ4v) is 0. The standard InChI is InChI=1S/CH4S.2Fe/c1-2;;/h2H,1H3;;/p-1. The van der Waals surface area contributed by atoms with Crippen molar-refractivity contribution in [2.75, 3.05) is 6.26 Å². The summed E-state index contributed by atoms with van der Waals surface area (Å²) in [7, 11) is 0. The van der Waals surface area contributed by atoms with Crippen LogP contribution in [0.15, 0.2) is 0 Å². The average molecular weight is 159 g/mol. The van der Waals surface area contributed by atoms with Crippen molar-refractivity contribution < 1.29 is 28.8 Å². The molecule has 0 nitrogen and oxygen atoms in total. The van der Waals surface area contributed by atoms with Crippen LogP contribution < -0.4 is 0 Å². The molecule has 0 aromatic heterocycles. The quantitative estimate of drug-likeness (QED) is 0.348. The van der Waals surface area contributed by atoms with E-state index in [4.69, 9.17) is 0 Å². The first kappa shape index (κ1) is 5.39. The van der Waals surface area contributed by atoms with Crippen LogP contribution in [0.3, 0.4) is 0 Å². The van der Waals surface area contributed by atoms with Gasteiger partial charge in [-0.25, -0.2) is 0 Å².